The van der Waals surface area contributed by atoms with Gasteiger partial charge in [-0.05, 0) is 38.0 Å². The molecule has 0 spiro atoms. The second-order valence-corrected chi connectivity index (χ2v) is 11.0. The Labute approximate surface area is 249 Å². The number of carbonyl (C=O) groups is 3. The molecule has 1 aliphatic carbocycles. The number of hydrogen-bond donors (Lipinski definition) is 3. The number of urea groups is 1. The first kappa shape index (κ1) is 30.4. The van der Waals surface area contributed by atoms with E-state index >= 15 is 0 Å². The molecule has 5 rings (SSSR count). The first-order chi connectivity index (χ1) is 20.3. The summed E-state index contributed by atoms with van der Waals surface area (Å²) >= 11 is 6.41. The van der Waals surface area contributed by atoms with E-state index in [1.807, 2.05) is 0 Å². The van der Waals surface area contributed by atoms with E-state index in [1.165, 1.54) is 46.9 Å². The third-order valence-electron chi connectivity index (χ3n) is 7.64. The van der Waals surface area contributed by atoms with E-state index in [9.17, 15) is 27.6 Å². The molecule has 0 unspecified atom stereocenters. The molecular weight excluding hydrogens is 591 g/mol. The molecule has 12 nitrogen and oxygen atoms in total. The van der Waals surface area contributed by atoms with Crippen LogP contribution in [-0.2, 0) is 19.8 Å². The van der Waals surface area contributed by atoms with Crippen LogP contribution in [0.3, 0.4) is 0 Å². The highest BCUT2D eigenvalue weighted by Crippen LogP contribution is 2.36. The number of alkyl halides is 3. The van der Waals surface area contributed by atoms with Crippen LogP contribution in [0, 0.1) is 0 Å². The Morgan fingerprint density at radius 3 is 2.40 bits per heavy atom. The summed E-state index contributed by atoms with van der Waals surface area (Å²) in [6.45, 7) is 3.31. The molecule has 1 saturated heterocycles. The minimum absolute atomic E-state index is 0.0703. The number of nitrogens with zero attached hydrogens (tertiary/aromatic N) is 6. The number of piperazine rings is 1. The summed E-state index contributed by atoms with van der Waals surface area (Å²) in [5, 5.41) is 9.29. The van der Waals surface area contributed by atoms with Gasteiger partial charge in [-0.3, -0.25) is 14.3 Å². The molecule has 1 aliphatic heterocycles. The van der Waals surface area contributed by atoms with Crippen molar-refractivity contribution >= 4 is 35.1 Å². The van der Waals surface area contributed by atoms with Gasteiger partial charge in [0.15, 0.2) is 11.5 Å². The first-order valence-corrected chi connectivity index (χ1v) is 14.1. The summed E-state index contributed by atoms with van der Waals surface area (Å²) < 4.78 is 43.2. The molecule has 0 atom stereocenters. The average molecular weight is 622 g/mol. The minimum atomic E-state index is -4.69. The summed E-state index contributed by atoms with van der Waals surface area (Å²) in [5.41, 5.74) is 5.07. The number of imidazole rings is 1. The Morgan fingerprint density at radius 2 is 1.79 bits per heavy atom. The number of rotatable bonds is 6. The van der Waals surface area contributed by atoms with Crippen molar-refractivity contribution in [2.24, 2.45) is 12.8 Å². The predicted octanol–water partition coefficient (Wildman–Crippen LogP) is 3.19. The Hall–Kier alpha value is -4.11. The number of aryl methyl sites for hydroxylation is 1. The summed E-state index contributed by atoms with van der Waals surface area (Å²) in [6, 6.07) is 4.45. The van der Waals surface area contributed by atoms with E-state index in [0.29, 0.717) is 26.2 Å². The zero-order chi connectivity index (χ0) is 31.1. The summed E-state index contributed by atoms with van der Waals surface area (Å²) in [4.78, 5) is 45.9. The predicted molar refractivity (Wildman–Crippen MR) is 152 cm³/mol. The van der Waals surface area contributed by atoms with Crippen molar-refractivity contribution in [2.45, 2.75) is 44.6 Å². The minimum Gasteiger partial charge on any atom is -0.335 e. The Morgan fingerprint density at radius 1 is 1.12 bits per heavy atom. The molecule has 43 heavy (non-hydrogen) atoms. The van der Waals surface area contributed by atoms with Gasteiger partial charge in [-0.15, -0.1) is 0 Å². The Kier molecular flexibility index (Phi) is 8.38. The Bertz CT molecular complexity index is 1540. The third-order valence-corrected chi connectivity index (χ3v) is 7.95. The van der Waals surface area contributed by atoms with E-state index < -0.39 is 17.8 Å². The van der Waals surface area contributed by atoms with E-state index in [0.717, 1.165) is 12.8 Å². The second-order valence-electron chi connectivity index (χ2n) is 10.6. The molecule has 0 bridgehead atoms. The highest BCUT2D eigenvalue weighted by atomic mass is 35.5. The van der Waals surface area contributed by atoms with E-state index in [-0.39, 0.29) is 63.9 Å². The van der Waals surface area contributed by atoms with Crippen molar-refractivity contribution in [1.29, 1.82) is 0 Å². The molecule has 2 fully saturated rings. The van der Waals surface area contributed by atoms with Gasteiger partial charge in [0, 0.05) is 63.7 Å². The van der Waals surface area contributed by atoms with E-state index in [4.69, 9.17) is 17.3 Å². The number of anilines is 1. The largest absolute Gasteiger partial charge is 0.435 e. The molecule has 2 aliphatic rings. The van der Waals surface area contributed by atoms with Crippen LogP contribution >= 0.6 is 11.6 Å². The van der Waals surface area contributed by atoms with E-state index in [2.05, 4.69) is 20.7 Å². The summed E-state index contributed by atoms with van der Waals surface area (Å²) in [6.07, 6.45) is -0.725. The fraction of sp³-hybridized carbons (Fsp3) is 0.444. The maximum atomic E-state index is 13.6. The molecular formula is C27H31ClF3N9O3. The summed E-state index contributed by atoms with van der Waals surface area (Å²) in [7, 11) is 1.43. The molecule has 4 N–H and O–H groups in total. The van der Waals surface area contributed by atoms with Crippen molar-refractivity contribution in [1.82, 2.24) is 34.4 Å². The van der Waals surface area contributed by atoms with Gasteiger partial charge < -0.3 is 30.7 Å². The quantitative estimate of drug-likeness (QED) is 0.386. The third kappa shape index (κ3) is 6.32. The fourth-order valence-electron chi connectivity index (χ4n) is 5.13. The number of nitrogens with one attached hydrogen (secondary N) is 2. The van der Waals surface area contributed by atoms with Gasteiger partial charge in [0.1, 0.15) is 0 Å². The number of benzene rings is 1. The van der Waals surface area contributed by atoms with Gasteiger partial charge in [-0.25, -0.2) is 9.78 Å². The van der Waals surface area contributed by atoms with Crippen LogP contribution in [0.5, 0.6) is 0 Å². The zero-order valence-corrected chi connectivity index (χ0v) is 24.2. The second kappa shape index (κ2) is 11.9. The normalized spacial score (nSPS) is 18.8. The first-order valence-electron chi connectivity index (χ1n) is 13.7. The van der Waals surface area contributed by atoms with Crippen LogP contribution in [0.1, 0.15) is 46.4 Å². The van der Waals surface area contributed by atoms with Crippen LogP contribution in [0.2, 0.25) is 5.02 Å². The van der Waals surface area contributed by atoms with E-state index in [1.54, 1.807) is 16.7 Å². The topological polar surface area (TPSA) is 143 Å². The monoisotopic (exact) mass is 621 g/mol. The number of amides is 4. The van der Waals surface area contributed by atoms with Crippen LogP contribution in [0.15, 0.2) is 30.6 Å². The van der Waals surface area contributed by atoms with Crippen molar-refractivity contribution < 1.29 is 27.6 Å². The van der Waals surface area contributed by atoms with Crippen molar-refractivity contribution in [2.75, 3.05) is 31.5 Å². The van der Waals surface area contributed by atoms with Gasteiger partial charge in [0.2, 0.25) is 0 Å². The molecule has 16 heteroatoms. The van der Waals surface area contributed by atoms with Gasteiger partial charge in [0.25, 0.3) is 11.8 Å². The Balaban J connectivity index is 1.22. The number of hydrogen-bond acceptors (Lipinski definition) is 6. The number of halogens is 4. The highest BCUT2D eigenvalue weighted by Gasteiger charge is 2.38. The molecule has 230 valence electrons. The number of aromatic nitrogens is 4. The molecule has 2 aromatic heterocycles. The van der Waals surface area contributed by atoms with Crippen LogP contribution in [0.25, 0.3) is 11.3 Å². The number of nitrogens with two attached hydrogens (primary N) is 1. The lowest BCUT2D eigenvalue weighted by atomic mass is 9.88. The highest BCUT2D eigenvalue weighted by molar-refractivity contribution is 6.34. The molecule has 4 amide bonds. The van der Waals surface area contributed by atoms with Crippen molar-refractivity contribution in [3.63, 3.8) is 0 Å². The van der Waals surface area contributed by atoms with Gasteiger partial charge >= 0.3 is 12.2 Å². The SMILES string of the molecule is CCn1cc(-c2cnc(C(=O)Nc3ccc(C(=O)N4CCN(C(=O)N[C@H]5C[C@@H](N)C5)CC4)c(Cl)c3)n2C)c(C(F)(F)F)n1. The zero-order valence-electron chi connectivity index (χ0n) is 23.5. The van der Waals surface area contributed by atoms with Crippen molar-refractivity contribution in [3.8, 4) is 11.3 Å². The lowest BCUT2D eigenvalue weighted by Crippen LogP contribution is -2.57. The summed E-state index contributed by atoms with van der Waals surface area (Å²) in [5.74, 6) is -1.13. The molecule has 1 aromatic carbocycles. The molecule has 1 saturated carbocycles. The molecule has 3 aromatic rings. The molecule has 0 radical (unpaired) electrons. The molecule has 3 heterocycles. The lowest BCUT2D eigenvalue weighted by molar-refractivity contribution is -0.141. The van der Waals surface area contributed by atoms with Crippen LogP contribution < -0.4 is 16.4 Å². The van der Waals surface area contributed by atoms with Gasteiger partial charge in [0.05, 0.1) is 28.0 Å². The standard InChI is InChI=1S/C27H31ClF3N9O3/c1-3-40-14-19(22(36-40)27(29,30)31)21-13-33-23(37(21)2)24(41)34-16-4-5-18(20(28)12-16)25(42)38-6-8-39(9-7-38)26(43)35-17-10-15(32)11-17/h4-5,12-15,17H,3,6-11,32H2,1-2H3,(H,34,41)(H,35,43)/t15-,17+. The fourth-order valence-corrected chi connectivity index (χ4v) is 5.39. The lowest BCUT2D eigenvalue weighted by Gasteiger charge is -2.38. The van der Waals surface area contributed by atoms with Crippen molar-refractivity contribution in [3.05, 3.63) is 52.7 Å². The van der Waals surface area contributed by atoms with Gasteiger partial charge in [-0.2, -0.15) is 18.3 Å². The van der Waals surface area contributed by atoms with Gasteiger partial charge in [-0.1, -0.05) is 11.6 Å². The maximum Gasteiger partial charge on any atom is 0.435 e. The van der Waals surface area contributed by atoms with Crippen LogP contribution in [0.4, 0.5) is 23.7 Å². The smallest absolute Gasteiger partial charge is 0.335 e. The number of carbonyl (C=O) groups excluding carboxylic acids is 3. The maximum absolute atomic E-state index is 13.6. The van der Waals surface area contributed by atoms with Crippen LogP contribution in [-0.4, -0.2) is 85.2 Å². The average Bonchev–Trinajstić information content (AvgIpc) is 3.55.